The Labute approximate surface area is 128 Å². The van der Waals surface area contributed by atoms with E-state index in [1.54, 1.807) is 30.4 Å². The van der Waals surface area contributed by atoms with Gasteiger partial charge in [-0.15, -0.1) is 0 Å². The fraction of sp³-hybridized carbons (Fsp3) is 0.176. The largest absolute Gasteiger partial charge is 0.478 e. The number of carboxylic acid groups (broad SMARTS) is 1. The van der Waals surface area contributed by atoms with Gasteiger partial charge in [-0.1, -0.05) is 42.5 Å². The summed E-state index contributed by atoms with van der Waals surface area (Å²) in [6, 6.07) is 6.84. The van der Waals surface area contributed by atoms with Crippen molar-refractivity contribution in [1.29, 1.82) is 0 Å². The highest BCUT2D eigenvalue weighted by Crippen LogP contribution is 2.22. The number of carbonyl (C=O) groups excluding carboxylic acids is 1. The summed E-state index contributed by atoms with van der Waals surface area (Å²) >= 11 is 0. The summed E-state index contributed by atoms with van der Waals surface area (Å²) in [6.07, 6.45) is 10.6. The van der Waals surface area contributed by atoms with E-state index in [-0.39, 0.29) is 17.4 Å². The second-order valence-electron chi connectivity index (χ2n) is 5.02. The molecule has 1 aromatic carbocycles. The van der Waals surface area contributed by atoms with E-state index in [9.17, 15) is 9.59 Å². The number of benzene rings is 1. The summed E-state index contributed by atoms with van der Waals surface area (Å²) < 4.78 is 0. The molecule has 0 aromatic heterocycles. The number of rotatable bonds is 5. The van der Waals surface area contributed by atoms with Crippen LogP contribution in [0.4, 0.5) is 0 Å². The topological polar surface area (TPSA) is 92.4 Å². The number of carbonyl (C=O) groups is 2. The first-order chi connectivity index (χ1) is 10.6. The van der Waals surface area contributed by atoms with Crippen LogP contribution in [-0.4, -0.2) is 17.0 Å². The monoisotopic (exact) mass is 298 g/mol. The minimum Gasteiger partial charge on any atom is -0.478 e. The molecule has 0 fully saturated rings. The zero-order chi connectivity index (χ0) is 15.9. The Morgan fingerprint density at radius 3 is 2.77 bits per heavy atom. The molecule has 5 heteroatoms. The molecule has 0 heterocycles. The lowest BCUT2D eigenvalue weighted by atomic mass is 9.91. The van der Waals surface area contributed by atoms with E-state index >= 15 is 0 Å². The van der Waals surface area contributed by atoms with Crippen LogP contribution in [0.25, 0.3) is 0 Å². The summed E-state index contributed by atoms with van der Waals surface area (Å²) in [7, 11) is 0. The summed E-state index contributed by atoms with van der Waals surface area (Å²) in [5.41, 5.74) is 3.96. The van der Waals surface area contributed by atoms with Crippen LogP contribution in [0.1, 0.15) is 22.3 Å². The third-order valence-electron chi connectivity index (χ3n) is 3.55. The zero-order valence-corrected chi connectivity index (χ0v) is 12.0. The third-order valence-corrected chi connectivity index (χ3v) is 3.55. The molecule has 4 N–H and O–H groups in total. The molecule has 114 valence electrons. The van der Waals surface area contributed by atoms with Crippen molar-refractivity contribution in [1.82, 2.24) is 5.43 Å². The van der Waals surface area contributed by atoms with Crippen LogP contribution >= 0.6 is 0 Å². The van der Waals surface area contributed by atoms with Crippen LogP contribution in [-0.2, 0) is 11.2 Å². The summed E-state index contributed by atoms with van der Waals surface area (Å²) in [4.78, 5) is 22.8. The fourth-order valence-corrected chi connectivity index (χ4v) is 2.41. The Morgan fingerprint density at radius 1 is 1.23 bits per heavy atom. The average molecular weight is 298 g/mol. The molecule has 1 unspecified atom stereocenters. The number of nitrogens with one attached hydrogen (secondary N) is 1. The van der Waals surface area contributed by atoms with Gasteiger partial charge in [-0.25, -0.2) is 10.6 Å². The number of hydrazine groups is 1. The molecule has 1 amide bonds. The van der Waals surface area contributed by atoms with Crippen LogP contribution in [0.2, 0.25) is 0 Å². The molecule has 1 aliphatic carbocycles. The fourth-order valence-electron chi connectivity index (χ4n) is 2.41. The van der Waals surface area contributed by atoms with Crippen LogP contribution in [0.15, 0.2) is 60.2 Å². The van der Waals surface area contributed by atoms with Gasteiger partial charge >= 0.3 is 5.97 Å². The molecule has 1 aromatic rings. The molecule has 0 saturated carbocycles. The van der Waals surface area contributed by atoms with Crippen LogP contribution in [0.5, 0.6) is 0 Å². The highest BCUT2D eigenvalue weighted by molar-refractivity contribution is 5.94. The average Bonchev–Trinajstić information content (AvgIpc) is 2.77. The molecule has 22 heavy (non-hydrogen) atoms. The number of aromatic carboxylic acids is 1. The standard InChI is InChI=1S/C17H18N2O3/c18-19-16(20)15-8-3-1-2-6-13(15)10-9-12-5-4-7-14(11-12)17(21)22/h1-8,11,13H,9-10,18H2,(H,19,20)(H,21,22). The molecule has 1 aliphatic rings. The van der Waals surface area contributed by atoms with E-state index in [4.69, 9.17) is 10.9 Å². The Hall–Kier alpha value is -2.66. The maximum Gasteiger partial charge on any atom is 0.335 e. The van der Waals surface area contributed by atoms with E-state index in [0.29, 0.717) is 18.4 Å². The number of allylic oxidation sites excluding steroid dienone is 5. The molecule has 1 atom stereocenters. The summed E-state index contributed by atoms with van der Waals surface area (Å²) in [5, 5.41) is 9.01. The number of nitrogens with two attached hydrogens (primary N) is 1. The highest BCUT2D eigenvalue weighted by Gasteiger charge is 2.18. The van der Waals surface area contributed by atoms with Gasteiger partial charge < -0.3 is 5.11 Å². The first kappa shape index (κ1) is 15.7. The van der Waals surface area contributed by atoms with Crippen molar-refractivity contribution < 1.29 is 14.7 Å². The minimum atomic E-state index is -0.941. The van der Waals surface area contributed by atoms with E-state index in [0.717, 1.165) is 5.56 Å². The Kier molecular flexibility index (Phi) is 5.27. The molecule has 0 radical (unpaired) electrons. The lowest BCUT2D eigenvalue weighted by Gasteiger charge is -2.15. The molecule has 0 bridgehead atoms. The third kappa shape index (κ3) is 3.93. The second kappa shape index (κ2) is 7.38. The highest BCUT2D eigenvalue weighted by atomic mass is 16.4. The molecule has 2 rings (SSSR count). The van der Waals surface area contributed by atoms with E-state index in [1.165, 1.54) is 0 Å². The molecular formula is C17H18N2O3. The van der Waals surface area contributed by atoms with Gasteiger partial charge in [0, 0.05) is 11.5 Å². The van der Waals surface area contributed by atoms with Gasteiger partial charge in [0.2, 0.25) is 0 Å². The molecule has 0 saturated heterocycles. The molecule has 5 nitrogen and oxygen atoms in total. The van der Waals surface area contributed by atoms with Gasteiger partial charge in [0.25, 0.3) is 5.91 Å². The van der Waals surface area contributed by atoms with Crippen molar-refractivity contribution in [3.63, 3.8) is 0 Å². The second-order valence-corrected chi connectivity index (χ2v) is 5.02. The van der Waals surface area contributed by atoms with Crippen molar-refractivity contribution in [2.24, 2.45) is 11.8 Å². The normalized spacial score (nSPS) is 16.8. The van der Waals surface area contributed by atoms with E-state index in [1.807, 2.05) is 24.3 Å². The van der Waals surface area contributed by atoms with Crippen molar-refractivity contribution in [2.45, 2.75) is 12.8 Å². The number of aryl methyl sites for hydroxylation is 1. The Balaban J connectivity index is 2.10. The van der Waals surface area contributed by atoms with E-state index in [2.05, 4.69) is 5.43 Å². The first-order valence-electron chi connectivity index (χ1n) is 7.00. The Morgan fingerprint density at radius 2 is 2.05 bits per heavy atom. The van der Waals surface area contributed by atoms with Gasteiger partial charge in [-0.3, -0.25) is 10.2 Å². The predicted molar refractivity (Wildman–Crippen MR) is 83.9 cm³/mol. The number of hydrogen-bond donors (Lipinski definition) is 3. The van der Waals surface area contributed by atoms with Crippen molar-refractivity contribution in [2.75, 3.05) is 0 Å². The summed E-state index contributed by atoms with van der Waals surface area (Å²) in [5.74, 6) is 3.91. The zero-order valence-electron chi connectivity index (χ0n) is 12.0. The molecule has 0 spiro atoms. The minimum absolute atomic E-state index is 0.0629. The Bertz CT molecular complexity index is 660. The van der Waals surface area contributed by atoms with Gasteiger partial charge in [0.15, 0.2) is 0 Å². The maximum atomic E-state index is 11.8. The van der Waals surface area contributed by atoms with Crippen molar-refractivity contribution >= 4 is 11.9 Å². The number of amides is 1. The van der Waals surface area contributed by atoms with Gasteiger partial charge in [-0.2, -0.15) is 0 Å². The van der Waals surface area contributed by atoms with Crippen LogP contribution in [0.3, 0.4) is 0 Å². The molecule has 0 aliphatic heterocycles. The van der Waals surface area contributed by atoms with Gasteiger partial charge in [0.05, 0.1) is 5.56 Å². The van der Waals surface area contributed by atoms with E-state index < -0.39 is 5.97 Å². The van der Waals surface area contributed by atoms with Crippen LogP contribution < -0.4 is 11.3 Å². The lowest BCUT2D eigenvalue weighted by Crippen LogP contribution is -2.33. The maximum absolute atomic E-state index is 11.8. The van der Waals surface area contributed by atoms with Crippen molar-refractivity contribution in [3.05, 3.63) is 71.3 Å². The van der Waals surface area contributed by atoms with Gasteiger partial charge in [-0.05, 0) is 30.5 Å². The predicted octanol–water partition coefficient (Wildman–Crippen LogP) is 1.98. The lowest BCUT2D eigenvalue weighted by molar-refractivity contribution is -0.118. The van der Waals surface area contributed by atoms with Crippen LogP contribution in [0, 0.1) is 5.92 Å². The summed E-state index contributed by atoms with van der Waals surface area (Å²) in [6.45, 7) is 0. The SMILES string of the molecule is NNC(=O)C1=CC=CC=CC1CCc1cccc(C(=O)O)c1. The quantitative estimate of drug-likeness (QED) is 0.440. The smallest absolute Gasteiger partial charge is 0.335 e. The van der Waals surface area contributed by atoms with Crippen molar-refractivity contribution in [3.8, 4) is 0 Å². The first-order valence-corrected chi connectivity index (χ1v) is 7.00. The number of carboxylic acids is 1. The van der Waals surface area contributed by atoms with Gasteiger partial charge in [0.1, 0.15) is 0 Å². The number of hydrogen-bond acceptors (Lipinski definition) is 3. The molecular weight excluding hydrogens is 280 g/mol.